The van der Waals surface area contributed by atoms with Crippen LogP contribution in [0.25, 0.3) is 0 Å². The lowest BCUT2D eigenvalue weighted by molar-refractivity contribution is 0.0714. The van der Waals surface area contributed by atoms with Crippen LogP contribution in [-0.2, 0) is 6.42 Å². The molecule has 0 aliphatic carbocycles. The molecule has 1 aromatic heterocycles. The van der Waals surface area contributed by atoms with E-state index in [4.69, 9.17) is 0 Å². The zero-order chi connectivity index (χ0) is 17.0. The first-order valence-electron chi connectivity index (χ1n) is 7.51. The summed E-state index contributed by atoms with van der Waals surface area (Å²) < 4.78 is 0. The van der Waals surface area contributed by atoms with Gasteiger partial charge in [0.25, 0.3) is 5.91 Å². The maximum absolute atomic E-state index is 12.3. The smallest absolute Gasteiger partial charge is 0.340 e. The number of aromatic nitrogens is 3. The molecule has 0 unspecified atom stereocenters. The molecule has 1 amide bonds. The molecule has 7 nitrogen and oxygen atoms in total. The maximum Gasteiger partial charge on any atom is 0.340 e. The lowest BCUT2D eigenvalue weighted by atomic mass is 9.98. The number of carbonyl (C=O) groups excluding carboxylic acids is 1. The Kier molecular flexibility index (Phi) is 5.00. The molecule has 0 aliphatic rings. The zero-order valence-electron chi connectivity index (χ0n) is 13.5. The van der Waals surface area contributed by atoms with Gasteiger partial charge in [0.1, 0.15) is 0 Å². The van der Waals surface area contributed by atoms with Crippen LogP contribution < -0.4 is 11.0 Å². The number of nitrogens with one attached hydrogen (secondary N) is 3. The zero-order valence-corrected chi connectivity index (χ0v) is 13.5. The van der Waals surface area contributed by atoms with Crippen molar-refractivity contribution in [3.05, 3.63) is 51.7 Å². The summed E-state index contributed by atoms with van der Waals surface area (Å²) in [5, 5.41) is 18.6. The Hall–Kier alpha value is -2.41. The Morgan fingerprint density at radius 2 is 2.17 bits per heavy atom. The molecule has 0 saturated carbocycles. The summed E-state index contributed by atoms with van der Waals surface area (Å²) in [5.41, 5.74) is 0.372. The highest BCUT2D eigenvalue weighted by atomic mass is 16.3. The van der Waals surface area contributed by atoms with Gasteiger partial charge in [-0.2, -0.15) is 5.10 Å². The topological polar surface area (TPSA) is 111 Å². The Morgan fingerprint density at radius 3 is 2.78 bits per heavy atom. The summed E-state index contributed by atoms with van der Waals surface area (Å²) in [6, 6.07) is 6.86. The van der Waals surface area contributed by atoms with E-state index in [1.165, 1.54) is 0 Å². The normalized spacial score (nSPS) is 12.9. The lowest BCUT2D eigenvalue weighted by Gasteiger charge is -2.17. The number of H-pyrrole nitrogens is 2. The summed E-state index contributed by atoms with van der Waals surface area (Å²) in [4.78, 5) is 25.9. The number of hydrogen-bond acceptors (Lipinski definition) is 4. The van der Waals surface area contributed by atoms with Crippen LogP contribution in [-0.4, -0.2) is 31.8 Å². The summed E-state index contributed by atoms with van der Waals surface area (Å²) in [6.45, 7) is 5.26. The second-order valence-electron chi connectivity index (χ2n) is 6.27. The predicted molar refractivity (Wildman–Crippen MR) is 86.2 cm³/mol. The average Bonchev–Trinajstić information content (AvgIpc) is 2.91. The molecule has 0 radical (unpaired) electrons. The van der Waals surface area contributed by atoms with Gasteiger partial charge in [-0.25, -0.2) is 9.89 Å². The summed E-state index contributed by atoms with van der Waals surface area (Å²) in [7, 11) is 0. The third kappa shape index (κ3) is 5.07. The van der Waals surface area contributed by atoms with Crippen LogP contribution in [0, 0.1) is 0 Å². The van der Waals surface area contributed by atoms with Crippen LogP contribution in [0.3, 0.4) is 0 Å². The lowest BCUT2D eigenvalue weighted by Crippen LogP contribution is -2.27. The molecule has 0 fully saturated rings. The first-order valence-corrected chi connectivity index (χ1v) is 7.51. The van der Waals surface area contributed by atoms with Crippen molar-refractivity contribution in [2.45, 2.75) is 45.3 Å². The molecule has 2 rings (SSSR count). The second kappa shape index (κ2) is 6.78. The Bertz CT molecular complexity index is 727. The van der Waals surface area contributed by atoms with E-state index in [1.807, 2.05) is 12.1 Å². The summed E-state index contributed by atoms with van der Waals surface area (Å²) in [6.07, 6.45) is 1.30. The molecule has 1 aromatic carbocycles. The van der Waals surface area contributed by atoms with Crippen LogP contribution >= 0.6 is 0 Å². The summed E-state index contributed by atoms with van der Waals surface area (Å²) in [5.74, 6) is 0.132. The van der Waals surface area contributed by atoms with Crippen molar-refractivity contribution < 1.29 is 9.90 Å². The molecular formula is C16H22N4O3. The van der Waals surface area contributed by atoms with Gasteiger partial charge >= 0.3 is 5.69 Å². The highest BCUT2D eigenvalue weighted by Gasteiger charge is 2.16. The maximum atomic E-state index is 12.3. The van der Waals surface area contributed by atoms with Crippen LogP contribution in [0.4, 0.5) is 0 Å². The van der Waals surface area contributed by atoms with Gasteiger partial charge in [0.2, 0.25) is 0 Å². The average molecular weight is 318 g/mol. The van der Waals surface area contributed by atoms with E-state index < -0.39 is 17.3 Å². The number of aliphatic hydroxyl groups is 1. The van der Waals surface area contributed by atoms with E-state index in [0.29, 0.717) is 24.2 Å². The van der Waals surface area contributed by atoms with Gasteiger partial charge in [-0.15, -0.1) is 0 Å². The standard InChI is InChI=1S/C16H22N4O3/c1-10(13-18-15(22)20-19-13)17-14(21)12-6-4-5-11(9-12)7-8-16(2,3)23/h4-6,9-10,23H,7-8H2,1-3H3,(H,17,21)(H2,18,19,20,22)/t10-/m1/s1. The van der Waals surface area contributed by atoms with Crippen molar-refractivity contribution in [2.24, 2.45) is 0 Å². The highest BCUT2D eigenvalue weighted by Crippen LogP contribution is 2.15. The molecule has 1 atom stereocenters. The first kappa shape index (κ1) is 17.0. The molecule has 0 saturated heterocycles. The number of amides is 1. The molecule has 0 spiro atoms. The largest absolute Gasteiger partial charge is 0.390 e. The van der Waals surface area contributed by atoms with E-state index >= 15 is 0 Å². The Labute approximate surface area is 134 Å². The predicted octanol–water partition coefficient (Wildman–Crippen LogP) is 1.29. The highest BCUT2D eigenvalue weighted by molar-refractivity contribution is 5.94. The molecule has 4 N–H and O–H groups in total. The Morgan fingerprint density at radius 1 is 1.43 bits per heavy atom. The van der Waals surface area contributed by atoms with Gasteiger partial charge in [0.15, 0.2) is 5.82 Å². The SMILES string of the molecule is C[C@@H](NC(=O)c1cccc(CCC(C)(C)O)c1)c1n[nH]c(=O)[nH]1. The fourth-order valence-electron chi connectivity index (χ4n) is 2.15. The minimum absolute atomic E-state index is 0.244. The number of nitrogens with zero attached hydrogens (tertiary/aromatic N) is 1. The molecule has 0 aliphatic heterocycles. The van der Waals surface area contributed by atoms with E-state index in [2.05, 4.69) is 20.5 Å². The molecule has 7 heteroatoms. The quantitative estimate of drug-likeness (QED) is 0.643. The summed E-state index contributed by atoms with van der Waals surface area (Å²) >= 11 is 0. The third-order valence-electron chi connectivity index (χ3n) is 3.49. The van der Waals surface area contributed by atoms with Gasteiger partial charge in [0.05, 0.1) is 11.6 Å². The van der Waals surface area contributed by atoms with Crippen LogP contribution in [0.5, 0.6) is 0 Å². The van der Waals surface area contributed by atoms with Gasteiger partial charge in [-0.3, -0.25) is 9.78 Å². The number of hydrogen-bond donors (Lipinski definition) is 4. The van der Waals surface area contributed by atoms with Gasteiger partial charge in [-0.1, -0.05) is 12.1 Å². The van der Waals surface area contributed by atoms with Crippen molar-refractivity contribution in [2.75, 3.05) is 0 Å². The molecule has 23 heavy (non-hydrogen) atoms. The molecule has 1 heterocycles. The number of aromatic amines is 2. The molecular weight excluding hydrogens is 296 g/mol. The van der Waals surface area contributed by atoms with Gasteiger partial charge < -0.3 is 10.4 Å². The number of aryl methyl sites for hydroxylation is 1. The third-order valence-corrected chi connectivity index (χ3v) is 3.49. The van der Waals surface area contributed by atoms with Crippen molar-refractivity contribution in [1.29, 1.82) is 0 Å². The fourth-order valence-corrected chi connectivity index (χ4v) is 2.15. The monoisotopic (exact) mass is 318 g/mol. The van der Waals surface area contributed by atoms with E-state index in [-0.39, 0.29) is 5.91 Å². The van der Waals surface area contributed by atoms with Crippen LogP contribution in [0.2, 0.25) is 0 Å². The molecule has 124 valence electrons. The van der Waals surface area contributed by atoms with Crippen LogP contribution in [0.15, 0.2) is 29.1 Å². The van der Waals surface area contributed by atoms with Crippen molar-refractivity contribution in [3.8, 4) is 0 Å². The van der Waals surface area contributed by atoms with E-state index in [0.717, 1.165) is 5.56 Å². The van der Waals surface area contributed by atoms with E-state index in [9.17, 15) is 14.7 Å². The van der Waals surface area contributed by atoms with Gasteiger partial charge in [0, 0.05) is 5.56 Å². The minimum atomic E-state index is -0.737. The van der Waals surface area contributed by atoms with Gasteiger partial charge in [-0.05, 0) is 51.3 Å². The number of carbonyl (C=O) groups is 1. The number of benzene rings is 1. The molecule has 0 bridgehead atoms. The van der Waals surface area contributed by atoms with Crippen LogP contribution in [0.1, 0.15) is 55.0 Å². The minimum Gasteiger partial charge on any atom is -0.390 e. The number of rotatable bonds is 6. The fraction of sp³-hybridized carbons (Fsp3) is 0.438. The van der Waals surface area contributed by atoms with Crippen molar-refractivity contribution in [1.82, 2.24) is 20.5 Å². The second-order valence-corrected chi connectivity index (χ2v) is 6.27. The molecule has 2 aromatic rings. The van der Waals surface area contributed by atoms with Crippen molar-refractivity contribution in [3.63, 3.8) is 0 Å². The van der Waals surface area contributed by atoms with E-state index in [1.54, 1.807) is 32.9 Å². The first-order chi connectivity index (χ1) is 10.7. The Balaban J connectivity index is 2.03. The van der Waals surface area contributed by atoms with Crippen molar-refractivity contribution >= 4 is 5.91 Å².